The number of carboxylic acids is 2. The molecule has 0 atom stereocenters. The molecule has 20 heavy (non-hydrogen) atoms. The van der Waals surface area contributed by atoms with Crippen molar-refractivity contribution >= 4 is 11.9 Å². The summed E-state index contributed by atoms with van der Waals surface area (Å²) in [6, 6.07) is 2.92. The first kappa shape index (κ1) is 13.2. The fraction of sp³-hybridized carbons (Fsp3) is 0.500. The second-order valence-electron chi connectivity index (χ2n) is 6.02. The predicted octanol–water partition coefficient (Wildman–Crippen LogP) is 2.99. The van der Waals surface area contributed by atoms with Crippen molar-refractivity contribution < 1.29 is 19.8 Å². The van der Waals surface area contributed by atoms with E-state index < -0.39 is 11.9 Å². The Morgan fingerprint density at radius 1 is 0.800 bits per heavy atom. The number of fused-ring (bicyclic) bond motifs is 2. The number of hydrogen-bond donors (Lipinski definition) is 2. The third kappa shape index (κ3) is 2.19. The number of rotatable bonds is 2. The maximum atomic E-state index is 11.4. The Kier molecular flexibility index (Phi) is 3.24. The van der Waals surface area contributed by atoms with E-state index >= 15 is 0 Å². The molecule has 1 aromatic carbocycles. The van der Waals surface area contributed by atoms with Crippen LogP contribution in [-0.4, -0.2) is 22.2 Å². The SMILES string of the molecule is O=C(O)c1ccc(C(=O)O)c2c1CC1CCC(CC1)C2. The van der Waals surface area contributed by atoms with Gasteiger partial charge in [-0.1, -0.05) is 0 Å². The minimum atomic E-state index is -0.949. The molecule has 1 saturated carbocycles. The van der Waals surface area contributed by atoms with Crippen LogP contribution in [0.25, 0.3) is 0 Å². The Morgan fingerprint density at radius 3 is 1.45 bits per heavy atom. The summed E-state index contributed by atoms with van der Waals surface area (Å²) in [6.45, 7) is 0. The van der Waals surface area contributed by atoms with Gasteiger partial charge in [0.25, 0.3) is 0 Å². The van der Waals surface area contributed by atoms with Gasteiger partial charge in [0, 0.05) is 0 Å². The van der Waals surface area contributed by atoms with Gasteiger partial charge in [-0.15, -0.1) is 0 Å². The van der Waals surface area contributed by atoms with Crippen molar-refractivity contribution in [1.29, 1.82) is 0 Å². The van der Waals surface area contributed by atoms with Crippen LogP contribution in [0.3, 0.4) is 0 Å². The van der Waals surface area contributed by atoms with Crippen molar-refractivity contribution in [2.45, 2.75) is 38.5 Å². The predicted molar refractivity (Wildman–Crippen MR) is 73.2 cm³/mol. The summed E-state index contributed by atoms with van der Waals surface area (Å²) in [4.78, 5) is 22.8. The van der Waals surface area contributed by atoms with Gasteiger partial charge in [-0.2, -0.15) is 0 Å². The Balaban J connectivity index is 2.18. The molecule has 4 nitrogen and oxygen atoms in total. The standard InChI is InChI=1S/C16H18O4/c17-15(18)11-5-6-12(16(19)20)14-8-10-2-1-9(3-4-10)7-13(11)14/h5-6,9-10H,1-4,7-8H2,(H,17,18)(H,19,20). The highest BCUT2D eigenvalue weighted by molar-refractivity contribution is 5.95. The van der Waals surface area contributed by atoms with Crippen LogP contribution in [0, 0.1) is 11.8 Å². The normalized spacial score (nSPS) is 24.6. The summed E-state index contributed by atoms with van der Waals surface area (Å²) in [7, 11) is 0. The highest BCUT2D eigenvalue weighted by Gasteiger charge is 2.31. The highest BCUT2D eigenvalue weighted by Crippen LogP contribution is 2.39. The molecule has 0 heterocycles. The lowest BCUT2D eigenvalue weighted by Gasteiger charge is -2.34. The average Bonchev–Trinajstić information content (AvgIpc) is 2.37. The molecule has 106 valence electrons. The average molecular weight is 274 g/mol. The van der Waals surface area contributed by atoms with Gasteiger partial charge in [-0.25, -0.2) is 9.59 Å². The van der Waals surface area contributed by atoms with Crippen LogP contribution in [0.2, 0.25) is 0 Å². The van der Waals surface area contributed by atoms with Gasteiger partial charge in [0.05, 0.1) is 11.1 Å². The third-order valence-corrected chi connectivity index (χ3v) is 4.84. The van der Waals surface area contributed by atoms with E-state index in [1.807, 2.05) is 0 Å². The molecular formula is C16H18O4. The van der Waals surface area contributed by atoms with E-state index in [0.717, 1.165) is 36.8 Å². The molecule has 3 aliphatic rings. The Labute approximate surface area is 117 Å². The summed E-state index contributed by atoms with van der Waals surface area (Å²) in [5.74, 6) is -0.885. The van der Waals surface area contributed by atoms with Gasteiger partial charge in [0.2, 0.25) is 0 Å². The van der Waals surface area contributed by atoms with Crippen molar-refractivity contribution in [3.63, 3.8) is 0 Å². The van der Waals surface area contributed by atoms with E-state index in [-0.39, 0.29) is 11.1 Å². The molecule has 1 aromatic rings. The Bertz CT molecular complexity index is 517. The molecule has 0 spiro atoms. The number of hydrogen-bond acceptors (Lipinski definition) is 2. The second kappa shape index (κ2) is 4.93. The maximum absolute atomic E-state index is 11.4. The van der Waals surface area contributed by atoms with Gasteiger partial charge >= 0.3 is 11.9 Å². The van der Waals surface area contributed by atoms with E-state index in [4.69, 9.17) is 0 Å². The van der Waals surface area contributed by atoms with Gasteiger partial charge in [-0.3, -0.25) is 0 Å². The van der Waals surface area contributed by atoms with Gasteiger partial charge in [0.15, 0.2) is 0 Å². The van der Waals surface area contributed by atoms with Crippen LogP contribution < -0.4 is 0 Å². The molecule has 3 aliphatic carbocycles. The fourth-order valence-electron chi connectivity index (χ4n) is 3.78. The molecule has 0 unspecified atom stereocenters. The lowest BCUT2D eigenvalue weighted by Crippen LogP contribution is -2.25. The molecular weight excluding hydrogens is 256 g/mol. The zero-order chi connectivity index (χ0) is 14.3. The second-order valence-corrected chi connectivity index (χ2v) is 6.02. The molecule has 0 amide bonds. The third-order valence-electron chi connectivity index (χ3n) is 4.84. The van der Waals surface area contributed by atoms with Crippen LogP contribution in [0.15, 0.2) is 12.1 Å². The van der Waals surface area contributed by atoms with Crippen molar-refractivity contribution in [2.75, 3.05) is 0 Å². The maximum Gasteiger partial charge on any atom is 0.335 e. The lowest BCUT2D eigenvalue weighted by atomic mass is 9.71. The van der Waals surface area contributed by atoms with Crippen LogP contribution in [0.4, 0.5) is 0 Å². The molecule has 2 N–H and O–H groups in total. The summed E-state index contributed by atoms with van der Waals surface area (Å²) in [6.07, 6.45) is 5.98. The summed E-state index contributed by atoms with van der Waals surface area (Å²) in [5, 5.41) is 18.7. The topological polar surface area (TPSA) is 74.6 Å². The summed E-state index contributed by atoms with van der Waals surface area (Å²) < 4.78 is 0. The smallest absolute Gasteiger partial charge is 0.335 e. The number of carboxylic acid groups (broad SMARTS) is 2. The van der Waals surface area contributed by atoms with Crippen LogP contribution in [-0.2, 0) is 12.8 Å². The molecule has 0 aliphatic heterocycles. The van der Waals surface area contributed by atoms with Crippen molar-refractivity contribution in [3.05, 3.63) is 34.4 Å². The quantitative estimate of drug-likeness (QED) is 0.869. The molecule has 2 bridgehead atoms. The van der Waals surface area contributed by atoms with E-state index in [2.05, 4.69) is 0 Å². The van der Waals surface area contributed by atoms with E-state index in [1.54, 1.807) is 0 Å². The van der Waals surface area contributed by atoms with Crippen LogP contribution >= 0.6 is 0 Å². The number of aromatic carboxylic acids is 2. The molecule has 4 heteroatoms. The van der Waals surface area contributed by atoms with Gasteiger partial charge in [0.1, 0.15) is 0 Å². The zero-order valence-electron chi connectivity index (χ0n) is 11.3. The van der Waals surface area contributed by atoms with Crippen molar-refractivity contribution in [3.8, 4) is 0 Å². The van der Waals surface area contributed by atoms with Gasteiger partial charge < -0.3 is 10.2 Å². The van der Waals surface area contributed by atoms with E-state index in [0.29, 0.717) is 24.7 Å². The monoisotopic (exact) mass is 274 g/mol. The summed E-state index contributed by atoms with van der Waals surface area (Å²) >= 11 is 0. The first-order chi connectivity index (χ1) is 9.56. The van der Waals surface area contributed by atoms with E-state index in [9.17, 15) is 19.8 Å². The molecule has 4 rings (SSSR count). The van der Waals surface area contributed by atoms with Crippen molar-refractivity contribution in [2.24, 2.45) is 11.8 Å². The summed E-state index contributed by atoms with van der Waals surface area (Å²) in [5.41, 5.74) is 2.12. The minimum absolute atomic E-state index is 0.289. The lowest BCUT2D eigenvalue weighted by molar-refractivity contribution is 0.0677. The largest absolute Gasteiger partial charge is 0.478 e. The molecule has 0 saturated heterocycles. The molecule has 0 radical (unpaired) electrons. The highest BCUT2D eigenvalue weighted by atomic mass is 16.4. The minimum Gasteiger partial charge on any atom is -0.478 e. The fourth-order valence-corrected chi connectivity index (χ4v) is 3.78. The van der Waals surface area contributed by atoms with Crippen LogP contribution in [0.1, 0.15) is 57.5 Å². The number of carbonyl (C=O) groups is 2. The molecule has 1 fully saturated rings. The first-order valence-corrected chi connectivity index (χ1v) is 7.17. The first-order valence-electron chi connectivity index (χ1n) is 7.17. The van der Waals surface area contributed by atoms with Crippen molar-refractivity contribution in [1.82, 2.24) is 0 Å². The van der Waals surface area contributed by atoms with E-state index in [1.165, 1.54) is 12.1 Å². The van der Waals surface area contributed by atoms with Gasteiger partial charge in [-0.05, 0) is 73.6 Å². The van der Waals surface area contributed by atoms with Crippen LogP contribution in [0.5, 0.6) is 0 Å². The Hall–Kier alpha value is -1.84. The number of benzene rings is 1. The zero-order valence-corrected chi connectivity index (χ0v) is 11.3. The Morgan fingerprint density at radius 2 is 1.15 bits per heavy atom. The molecule has 0 aromatic heterocycles.